The van der Waals surface area contributed by atoms with Gasteiger partial charge in [0, 0.05) is 25.2 Å². The van der Waals surface area contributed by atoms with Crippen LogP contribution in [0.1, 0.15) is 13.8 Å². The number of amides is 1. The topological polar surface area (TPSA) is 53.6 Å². The smallest absolute Gasteiger partial charge is 0.407 e. The van der Waals surface area contributed by atoms with E-state index in [1.165, 1.54) is 0 Å². The summed E-state index contributed by atoms with van der Waals surface area (Å²) < 4.78 is 5.23. The number of hydrogen-bond donors (Lipinski definition) is 2. The van der Waals surface area contributed by atoms with Crippen LogP contribution in [-0.2, 0) is 4.74 Å². The minimum atomic E-state index is -0.270. The molecule has 2 N–H and O–H groups in total. The molecule has 17 heavy (non-hydrogen) atoms. The van der Waals surface area contributed by atoms with Crippen LogP contribution < -0.4 is 10.6 Å². The Kier molecular flexibility index (Phi) is 2.56. The Hall–Kier alpha value is -0.810. The van der Waals surface area contributed by atoms with Gasteiger partial charge in [-0.05, 0) is 32.2 Å². The molecule has 3 aliphatic rings. The van der Waals surface area contributed by atoms with Gasteiger partial charge < -0.3 is 15.4 Å². The Morgan fingerprint density at radius 2 is 2.24 bits per heavy atom. The molecule has 0 saturated carbocycles. The monoisotopic (exact) mass is 239 g/mol. The number of cyclic esters (lactones) is 1. The third kappa shape index (κ3) is 1.81. The number of alkyl carbamates (subject to hydrolysis) is 1. The van der Waals surface area contributed by atoms with E-state index in [-0.39, 0.29) is 17.7 Å². The molecule has 3 saturated heterocycles. The number of likely N-dealkylation sites (tertiary alicyclic amines) is 1. The van der Waals surface area contributed by atoms with E-state index in [2.05, 4.69) is 29.4 Å². The zero-order valence-corrected chi connectivity index (χ0v) is 10.5. The van der Waals surface area contributed by atoms with E-state index < -0.39 is 0 Å². The molecule has 3 aliphatic heterocycles. The molecular formula is C12H21N3O2. The van der Waals surface area contributed by atoms with E-state index in [0.29, 0.717) is 6.54 Å². The minimum Gasteiger partial charge on any atom is -0.443 e. The second kappa shape index (κ2) is 3.85. The van der Waals surface area contributed by atoms with Crippen molar-refractivity contribution in [2.75, 3.05) is 32.7 Å². The van der Waals surface area contributed by atoms with E-state index in [1.807, 2.05) is 0 Å². The third-order valence-electron chi connectivity index (χ3n) is 4.69. The van der Waals surface area contributed by atoms with Crippen LogP contribution in [0.5, 0.6) is 0 Å². The van der Waals surface area contributed by atoms with Gasteiger partial charge in [-0.25, -0.2) is 4.79 Å². The normalized spacial score (nSPS) is 40.1. The maximum atomic E-state index is 11.0. The van der Waals surface area contributed by atoms with Crippen LogP contribution in [0.15, 0.2) is 0 Å². The van der Waals surface area contributed by atoms with Crippen LogP contribution in [0.4, 0.5) is 4.79 Å². The number of hydrogen-bond acceptors (Lipinski definition) is 4. The summed E-state index contributed by atoms with van der Waals surface area (Å²) in [5.41, 5.74) is 0.211. The molecule has 0 aromatic heterocycles. The highest BCUT2D eigenvalue weighted by Gasteiger charge is 2.50. The maximum absolute atomic E-state index is 11.0. The van der Waals surface area contributed by atoms with Crippen molar-refractivity contribution < 1.29 is 9.53 Å². The Morgan fingerprint density at radius 1 is 1.41 bits per heavy atom. The van der Waals surface area contributed by atoms with Gasteiger partial charge in [0.1, 0.15) is 6.10 Å². The summed E-state index contributed by atoms with van der Waals surface area (Å²) >= 11 is 0. The van der Waals surface area contributed by atoms with Crippen LogP contribution >= 0.6 is 0 Å². The lowest BCUT2D eigenvalue weighted by Gasteiger charge is -2.36. The molecule has 0 aromatic carbocycles. The molecule has 3 atom stereocenters. The second-order valence-corrected chi connectivity index (χ2v) is 5.99. The van der Waals surface area contributed by atoms with Gasteiger partial charge in [0.25, 0.3) is 0 Å². The van der Waals surface area contributed by atoms with Crippen molar-refractivity contribution >= 4 is 6.09 Å². The van der Waals surface area contributed by atoms with Crippen molar-refractivity contribution in [1.29, 1.82) is 0 Å². The number of nitrogens with one attached hydrogen (secondary N) is 2. The molecule has 3 heterocycles. The highest BCUT2D eigenvalue weighted by molar-refractivity contribution is 5.69. The van der Waals surface area contributed by atoms with E-state index >= 15 is 0 Å². The number of carbonyl (C=O) groups is 1. The fraction of sp³-hybridized carbons (Fsp3) is 0.917. The highest BCUT2D eigenvalue weighted by Crippen LogP contribution is 2.40. The standard InChI is InChI=1S/C12H21N3O2/c1-12(2)10-5-13-3-8(10)6-15(12)7-9-4-14-11(16)17-9/h8-10,13H,3-7H2,1-2H3,(H,14,16). The molecule has 3 unspecified atom stereocenters. The number of nitrogens with zero attached hydrogens (tertiary/aromatic N) is 1. The average molecular weight is 239 g/mol. The van der Waals surface area contributed by atoms with Gasteiger partial charge in [0.2, 0.25) is 0 Å². The molecule has 5 nitrogen and oxygen atoms in total. The fourth-order valence-electron chi connectivity index (χ4n) is 3.59. The Balaban J connectivity index is 1.66. The average Bonchev–Trinajstić information content (AvgIpc) is 2.90. The second-order valence-electron chi connectivity index (χ2n) is 5.99. The first kappa shape index (κ1) is 11.3. The lowest BCUT2D eigenvalue weighted by atomic mass is 9.85. The maximum Gasteiger partial charge on any atom is 0.407 e. The largest absolute Gasteiger partial charge is 0.443 e. The first-order valence-electron chi connectivity index (χ1n) is 6.47. The van der Waals surface area contributed by atoms with Crippen LogP contribution in [-0.4, -0.2) is 55.4 Å². The number of carbonyl (C=O) groups excluding carboxylic acids is 1. The van der Waals surface area contributed by atoms with E-state index in [4.69, 9.17) is 4.74 Å². The highest BCUT2D eigenvalue weighted by atomic mass is 16.6. The third-order valence-corrected chi connectivity index (χ3v) is 4.69. The van der Waals surface area contributed by atoms with Crippen molar-refractivity contribution in [1.82, 2.24) is 15.5 Å². The van der Waals surface area contributed by atoms with Crippen molar-refractivity contribution in [3.8, 4) is 0 Å². The minimum absolute atomic E-state index is 0.0218. The van der Waals surface area contributed by atoms with Crippen LogP contribution in [0.25, 0.3) is 0 Å². The SMILES string of the molecule is CC1(C)C2CNCC2CN1CC1CNC(=O)O1. The van der Waals surface area contributed by atoms with Gasteiger partial charge in [0.15, 0.2) is 0 Å². The summed E-state index contributed by atoms with van der Waals surface area (Å²) in [6.07, 6.45) is -0.248. The molecule has 1 amide bonds. The van der Waals surface area contributed by atoms with Crippen LogP contribution in [0.3, 0.4) is 0 Å². The zero-order chi connectivity index (χ0) is 12.0. The van der Waals surface area contributed by atoms with Crippen LogP contribution in [0.2, 0.25) is 0 Å². The summed E-state index contributed by atoms with van der Waals surface area (Å²) in [5, 5.41) is 6.20. The van der Waals surface area contributed by atoms with Gasteiger partial charge >= 0.3 is 6.09 Å². The van der Waals surface area contributed by atoms with E-state index in [1.54, 1.807) is 0 Å². The molecule has 0 radical (unpaired) electrons. The molecule has 0 aromatic rings. The summed E-state index contributed by atoms with van der Waals surface area (Å²) in [7, 11) is 0. The Labute approximate surface area is 102 Å². The van der Waals surface area contributed by atoms with E-state index in [0.717, 1.165) is 38.0 Å². The first-order chi connectivity index (χ1) is 8.07. The first-order valence-corrected chi connectivity index (χ1v) is 6.47. The van der Waals surface area contributed by atoms with E-state index in [9.17, 15) is 4.79 Å². The van der Waals surface area contributed by atoms with Gasteiger partial charge in [-0.3, -0.25) is 4.90 Å². The lowest BCUT2D eigenvalue weighted by Crippen LogP contribution is -2.48. The van der Waals surface area contributed by atoms with Crippen molar-refractivity contribution in [3.05, 3.63) is 0 Å². The lowest BCUT2D eigenvalue weighted by molar-refractivity contribution is 0.0697. The number of ether oxygens (including phenoxy) is 1. The zero-order valence-electron chi connectivity index (χ0n) is 10.5. The quantitative estimate of drug-likeness (QED) is 0.713. The summed E-state index contributed by atoms with van der Waals surface area (Å²) in [4.78, 5) is 13.5. The van der Waals surface area contributed by atoms with Crippen molar-refractivity contribution in [2.24, 2.45) is 11.8 Å². The molecule has 3 fully saturated rings. The number of rotatable bonds is 2. The van der Waals surface area contributed by atoms with Gasteiger partial charge in [-0.15, -0.1) is 0 Å². The van der Waals surface area contributed by atoms with Gasteiger partial charge in [-0.2, -0.15) is 0 Å². The Bertz CT molecular complexity index is 332. The molecule has 96 valence electrons. The predicted octanol–water partition coefficient (Wildman–Crippen LogP) is 0.0246. The summed E-state index contributed by atoms with van der Waals surface area (Å²) in [6, 6.07) is 0. The Morgan fingerprint density at radius 3 is 2.88 bits per heavy atom. The molecule has 0 bridgehead atoms. The fourth-order valence-corrected chi connectivity index (χ4v) is 3.59. The van der Waals surface area contributed by atoms with Crippen molar-refractivity contribution in [2.45, 2.75) is 25.5 Å². The number of fused-ring (bicyclic) bond motifs is 1. The molecule has 0 spiro atoms. The van der Waals surface area contributed by atoms with Crippen molar-refractivity contribution in [3.63, 3.8) is 0 Å². The molecule has 3 rings (SSSR count). The molecule has 5 heteroatoms. The summed E-state index contributed by atoms with van der Waals surface area (Å²) in [5.74, 6) is 1.49. The molecule has 0 aliphatic carbocycles. The van der Waals surface area contributed by atoms with Crippen LogP contribution in [0, 0.1) is 11.8 Å². The predicted molar refractivity (Wildman–Crippen MR) is 63.8 cm³/mol. The summed E-state index contributed by atoms with van der Waals surface area (Å²) in [6.45, 7) is 9.52. The van der Waals surface area contributed by atoms with Gasteiger partial charge in [0.05, 0.1) is 6.54 Å². The van der Waals surface area contributed by atoms with Gasteiger partial charge in [-0.1, -0.05) is 0 Å². The molecular weight excluding hydrogens is 218 g/mol.